The first kappa shape index (κ1) is 42.9. The minimum Gasteiger partial charge on any atom is -0.420 e. The summed E-state index contributed by atoms with van der Waals surface area (Å²) in [7, 11) is -1.05. The molecule has 0 saturated heterocycles. The van der Waals surface area contributed by atoms with E-state index in [4.69, 9.17) is 10.8 Å². The Hall–Kier alpha value is -2.26. The van der Waals surface area contributed by atoms with Gasteiger partial charge >= 0.3 is 5.97 Å². The van der Waals surface area contributed by atoms with E-state index in [0.717, 1.165) is 6.42 Å². The normalized spacial score (nSPS) is 11.0. The molecule has 0 aliphatic heterocycles. The zero-order chi connectivity index (χ0) is 33.0. The highest BCUT2D eigenvalue weighted by molar-refractivity contribution is 7.55. The molecule has 12 heteroatoms. The van der Waals surface area contributed by atoms with Crippen molar-refractivity contribution in [1.29, 1.82) is 0 Å². The van der Waals surface area contributed by atoms with Crippen LogP contribution in [0.1, 0.15) is 130 Å². The average molecular weight is 641 g/mol. The lowest BCUT2D eigenvalue weighted by Crippen LogP contribution is -2.19. The SMILES string of the molecule is CC.CCCCCCCCCCCCCCCC(N)=O.CP(CO)NC(=O)CCCC(=O)Oc1c(F)c(F)cc(F)c1F. The third-order valence-electron chi connectivity index (χ3n) is 6.13. The number of aliphatic hydroxyl groups excluding tert-OH is 1. The number of amides is 2. The number of unbranched alkanes of at least 4 members (excludes halogenated alkanes) is 12. The summed E-state index contributed by atoms with van der Waals surface area (Å²) in [6.07, 6.45) is 17.3. The van der Waals surface area contributed by atoms with Crippen LogP contribution < -0.4 is 15.6 Å². The van der Waals surface area contributed by atoms with E-state index in [1.165, 1.54) is 77.0 Å². The average Bonchev–Trinajstić information content (AvgIpc) is 2.97. The molecule has 0 aliphatic carbocycles. The molecule has 0 aromatic heterocycles. The number of esters is 1. The minimum atomic E-state index is -1.81. The molecule has 0 spiro atoms. The number of nitrogens with one attached hydrogen (secondary N) is 1. The van der Waals surface area contributed by atoms with Gasteiger partial charge in [-0.05, 0) is 19.5 Å². The molecule has 1 unspecified atom stereocenters. The van der Waals surface area contributed by atoms with E-state index in [2.05, 4.69) is 16.7 Å². The minimum absolute atomic E-state index is 0.000302. The summed E-state index contributed by atoms with van der Waals surface area (Å²) in [6, 6.07) is -0.00349. The van der Waals surface area contributed by atoms with Gasteiger partial charge in [0.05, 0.1) is 6.35 Å². The number of hydrogen-bond donors (Lipinski definition) is 3. The first-order valence-corrected chi connectivity index (χ1v) is 17.4. The first-order chi connectivity index (χ1) is 20.5. The summed E-state index contributed by atoms with van der Waals surface area (Å²) < 4.78 is 56.7. The zero-order valence-electron chi connectivity index (χ0n) is 26.4. The number of benzene rings is 1. The van der Waals surface area contributed by atoms with Gasteiger partial charge in [0.15, 0.2) is 11.6 Å². The second kappa shape index (κ2) is 28.5. The smallest absolute Gasteiger partial charge is 0.311 e. The van der Waals surface area contributed by atoms with Gasteiger partial charge in [0.1, 0.15) is 0 Å². The van der Waals surface area contributed by atoms with E-state index < -0.39 is 49.0 Å². The van der Waals surface area contributed by atoms with E-state index >= 15 is 0 Å². The van der Waals surface area contributed by atoms with Gasteiger partial charge in [-0.15, -0.1) is 0 Å². The number of halogens is 4. The number of carbonyl (C=O) groups is 3. The van der Waals surface area contributed by atoms with E-state index in [1.54, 1.807) is 6.66 Å². The Morgan fingerprint density at radius 1 is 0.767 bits per heavy atom. The summed E-state index contributed by atoms with van der Waals surface area (Å²) in [5.74, 6) is -10.1. The van der Waals surface area contributed by atoms with Gasteiger partial charge in [-0.3, -0.25) is 14.4 Å². The summed E-state index contributed by atoms with van der Waals surface area (Å²) in [5.41, 5.74) is 5.09. The summed E-state index contributed by atoms with van der Waals surface area (Å²) in [5, 5.41) is 11.3. The largest absolute Gasteiger partial charge is 0.420 e. The van der Waals surface area contributed by atoms with Crippen LogP contribution in [0.25, 0.3) is 0 Å². The highest BCUT2D eigenvalue weighted by atomic mass is 31.1. The number of ether oxygens (including phenoxy) is 1. The van der Waals surface area contributed by atoms with E-state index in [9.17, 15) is 31.9 Å². The fourth-order valence-electron chi connectivity index (χ4n) is 3.82. The Morgan fingerprint density at radius 3 is 1.63 bits per heavy atom. The first-order valence-electron chi connectivity index (χ1n) is 15.5. The summed E-state index contributed by atoms with van der Waals surface area (Å²) in [4.78, 5) is 33.3. The fourth-order valence-corrected chi connectivity index (χ4v) is 4.43. The maximum Gasteiger partial charge on any atom is 0.311 e. The maximum absolute atomic E-state index is 13.3. The van der Waals surface area contributed by atoms with Gasteiger partial charge in [0, 0.05) is 33.4 Å². The van der Waals surface area contributed by atoms with Gasteiger partial charge in [-0.2, -0.15) is 8.78 Å². The molecule has 1 atom stereocenters. The van der Waals surface area contributed by atoms with Crippen LogP contribution in [0.15, 0.2) is 6.07 Å². The van der Waals surface area contributed by atoms with Crippen LogP contribution in [0.2, 0.25) is 0 Å². The van der Waals surface area contributed by atoms with Crippen molar-refractivity contribution >= 4 is 25.9 Å². The van der Waals surface area contributed by atoms with Gasteiger partial charge in [-0.1, -0.05) is 97.8 Å². The number of nitrogens with two attached hydrogens (primary N) is 1. The molecule has 0 heterocycles. The Morgan fingerprint density at radius 2 is 1.21 bits per heavy atom. The highest BCUT2D eigenvalue weighted by Gasteiger charge is 2.23. The van der Waals surface area contributed by atoms with E-state index in [1.807, 2.05) is 13.8 Å². The molecule has 1 rings (SSSR count). The topological polar surface area (TPSA) is 119 Å². The van der Waals surface area contributed by atoms with Crippen LogP contribution >= 0.6 is 8.07 Å². The molecule has 2 amide bonds. The van der Waals surface area contributed by atoms with Crippen LogP contribution in [0.4, 0.5) is 17.6 Å². The summed E-state index contributed by atoms with van der Waals surface area (Å²) in [6.45, 7) is 7.90. The molecule has 0 bridgehead atoms. The third kappa shape index (κ3) is 23.8. The Bertz CT molecular complexity index is 883. The van der Waals surface area contributed by atoms with Crippen molar-refractivity contribution in [3.8, 4) is 5.75 Å². The molecular weight excluding hydrogens is 587 g/mol. The predicted molar refractivity (Wildman–Crippen MR) is 165 cm³/mol. The molecule has 250 valence electrons. The van der Waals surface area contributed by atoms with E-state index in [0.29, 0.717) is 6.42 Å². The van der Waals surface area contributed by atoms with Gasteiger partial charge in [-0.25, -0.2) is 8.78 Å². The molecule has 4 N–H and O–H groups in total. The number of aliphatic hydroxyl groups is 1. The van der Waals surface area contributed by atoms with Crippen molar-refractivity contribution in [3.63, 3.8) is 0 Å². The number of primary amides is 1. The molecule has 0 radical (unpaired) electrons. The van der Waals surface area contributed by atoms with E-state index in [-0.39, 0.29) is 37.6 Å². The van der Waals surface area contributed by atoms with Crippen LogP contribution in [-0.4, -0.2) is 35.9 Å². The second-order valence-electron chi connectivity index (χ2n) is 9.96. The van der Waals surface area contributed by atoms with Crippen LogP contribution in [0.3, 0.4) is 0 Å². The van der Waals surface area contributed by atoms with Crippen molar-refractivity contribution in [1.82, 2.24) is 5.09 Å². The van der Waals surface area contributed by atoms with Crippen LogP contribution in [0.5, 0.6) is 5.75 Å². The molecule has 7 nitrogen and oxygen atoms in total. The molecular formula is C31H53F4N2O5P. The lowest BCUT2D eigenvalue weighted by atomic mass is 10.0. The quantitative estimate of drug-likeness (QED) is 0.0311. The third-order valence-corrected chi connectivity index (χ3v) is 7.18. The van der Waals surface area contributed by atoms with Crippen LogP contribution in [0, 0.1) is 23.3 Å². The predicted octanol–water partition coefficient (Wildman–Crippen LogP) is 8.39. The van der Waals surface area contributed by atoms with Gasteiger partial charge < -0.3 is 20.7 Å². The standard InChI is InChI=1S/C16H33NO.C13H14F4NO4P.C2H6/c1-2-3-4-5-6-7-8-9-10-11-12-13-14-15-16(17)18;1-23(6-19)18-9(20)3-2-4-10(21)22-13-11(16)7(14)5-8(15)12(13)17;1-2/h2-15H2,1H3,(H2,17,18);5,19H,2-4,6H2,1H3,(H,18,20);1-2H3. The van der Waals surface area contributed by atoms with Crippen molar-refractivity contribution in [2.24, 2.45) is 5.73 Å². The maximum atomic E-state index is 13.3. The lowest BCUT2D eigenvalue weighted by molar-refractivity contribution is -0.135. The van der Waals surface area contributed by atoms with Crippen molar-refractivity contribution < 1.29 is 41.8 Å². The van der Waals surface area contributed by atoms with Gasteiger partial charge in [0.25, 0.3) is 0 Å². The molecule has 0 saturated carbocycles. The monoisotopic (exact) mass is 640 g/mol. The Labute approximate surface area is 256 Å². The van der Waals surface area contributed by atoms with Crippen molar-refractivity contribution in [2.45, 2.75) is 130 Å². The number of hydrogen-bond acceptors (Lipinski definition) is 5. The molecule has 1 aromatic rings. The molecule has 0 fully saturated rings. The molecule has 0 aliphatic rings. The lowest BCUT2D eigenvalue weighted by Gasteiger charge is -2.10. The highest BCUT2D eigenvalue weighted by Crippen LogP contribution is 2.27. The fraction of sp³-hybridized carbons (Fsp3) is 0.710. The van der Waals surface area contributed by atoms with Gasteiger partial charge in [0.2, 0.25) is 29.2 Å². The zero-order valence-corrected chi connectivity index (χ0v) is 27.3. The Kier molecular flexibility index (Phi) is 28.4. The van der Waals surface area contributed by atoms with Crippen molar-refractivity contribution in [2.75, 3.05) is 13.0 Å². The Balaban J connectivity index is 0. The van der Waals surface area contributed by atoms with Crippen molar-refractivity contribution in [3.05, 3.63) is 29.3 Å². The molecule has 1 aromatic carbocycles. The van der Waals surface area contributed by atoms with Crippen LogP contribution in [-0.2, 0) is 14.4 Å². The molecule has 43 heavy (non-hydrogen) atoms. The second-order valence-corrected chi connectivity index (χ2v) is 11.9. The summed E-state index contributed by atoms with van der Waals surface area (Å²) >= 11 is 0. The number of rotatable bonds is 21. The number of carbonyl (C=O) groups excluding carboxylic acids is 3.